The third kappa shape index (κ3) is 9.10. The molecule has 1 unspecified atom stereocenters. The van der Waals surface area contributed by atoms with Gasteiger partial charge in [0.15, 0.2) is 0 Å². The van der Waals surface area contributed by atoms with Crippen LogP contribution in [0.1, 0.15) is 34.5 Å². The van der Waals surface area contributed by atoms with Crippen LogP contribution >= 0.6 is 0 Å². The Kier molecular flexibility index (Phi) is 10.3. The Morgan fingerprint density at radius 3 is 2.30 bits per heavy atom. The van der Waals surface area contributed by atoms with Crippen LogP contribution in [0.3, 0.4) is 0 Å². The van der Waals surface area contributed by atoms with Crippen molar-refractivity contribution in [1.29, 1.82) is 0 Å². The van der Waals surface area contributed by atoms with Crippen LogP contribution in [0.15, 0.2) is 54.6 Å². The highest BCUT2D eigenvalue weighted by Gasteiger charge is 2.44. The second kappa shape index (κ2) is 13.4. The highest BCUT2D eigenvalue weighted by molar-refractivity contribution is 7.88. The second-order valence-corrected chi connectivity index (χ2v) is 11.8. The predicted molar refractivity (Wildman–Crippen MR) is 147 cm³/mol. The third-order valence-corrected chi connectivity index (χ3v) is 7.72. The monoisotopic (exact) mass is 626 g/mol. The molecule has 0 radical (unpaired) electrons. The highest BCUT2D eigenvalue weighted by Crippen LogP contribution is 2.28. The number of carboxylic acid groups (broad SMARTS) is 1. The molecule has 4 rings (SSSR count). The molecular formula is C27H29F3N4O8S. The Morgan fingerprint density at radius 2 is 1.74 bits per heavy atom. The van der Waals surface area contributed by atoms with Gasteiger partial charge in [-0.05, 0) is 49.7 Å². The Hall–Kier alpha value is -4.28. The molecule has 0 spiro atoms. The number of pyridine rings is 1. The summed E-state index contributed by atoms with van der Waals surface area (Å²) in [5.74, 6) is -3.36. The fourth-order valence-corrected chi connectivity index (χ4v) is 5.35. The van der Waals surface area contributed by atoms with Gasteiger partial charge in [0.1, 0.15) is 12.4 Å². The zero-order chi connectivity index (χ0) is 32.0. The number of hydrogen-bond donors (Lipinski definition) is 4. The van der Waals surface area contributed by atoms with Crippen molar-refractivity contribution in [3.63, 3.8) is 0 Å². The molecule has 1 aromatic heterocycles. The molecule has 1 saturated heterocycles. The standard InChI is InChI=1S/C25H28N4O6S.C2HF3O2/c1-17-13-19(21-5-3-4-6-22(21)26-17)15-35-20-9-7-18(8-10-20)24(31)27-25(14-23(30)28-32)11-12-29(16-25)36(2,33)34;3-2(4,5)1(6)7/h3-10,13,32H,11-12,14-16H2,1-2H3,(H,27,31)(H,28,30);(H,6,7). The van der Waals surface area contributed by atoms with Crippen LogP contribution in [-0.2, 0) is 26.2 Å². The number of hydrogen-bond acceptors (Lipinski definition) is 8. The van der Waals surface area contributed by atoms with E-state index in [9.17, 15) is 31.2 Å². The van der Waals surface area contributed by atoms with Crippen molar-refractivity contribution in [2.75, 3.05) is 19.3 Å². The number of halogens is 3. The van der Waals surface area contributed by atoms with Crippen LogP contribution in [-0.4, -0.2) is 76.9 Å². The molecule has 232 valence electrons. The van der Waals surface area contributed by atoms with Crippen molar-refractivity contribution >= 4 is 38.7 Å². The SMILES string of the molecule is Cc1cc(COc2ccc(C(=O)NC3(CC(=O)NO)CCN(S(C)(=O)=O)C3)cc2)c2ccccc2n1.O=C(O)C(F)(F)F. The maximum atomic E-state index is 13.0. The summed E-state index contributed by atoms with van der Waals surface area (Å²) in [6, 6.07) is 16.4. The number of hydroxylamine groups is 1. The number of alkyl halides is 3. The van der Waals surface area contributed by atoms with E-state index in [1.54, 1.807) is 29.7 Å². The minimum absolute atomic E-state index is 0.0640. The predicted octanol–water partition coefficient (Wildman–Crippen LogP) is 2.78. The van der Waals surface area contributed by atoms with Crippen molar-refractivity contribution in [3.8, 4) is 5.75 Å². The number of nitrogens with zero attached hydrogens (tertiary/aromatic N) is 2. The van der Waals surface area contributed by atoms with Crippen molar-refractivity contribution in [2.24, 2.45) is 0 Å². The minimum Gasteiger partial charge on any atom is -0.489 e. The molecule has 16 heteroatoms. The highest BCUT2D eigenvalue weighted by atomic mass is 32.2. The topological polar surface area (TPSA) is 175 Å². The number of benzene rings is 2. The molecule has 1 aliphatic rings. The quantitative estimate of drug-likeness (QED) is 0.216. The summed E-state index contributed by atoms with van der Waals surface area (Å²) >= 11 is 0. The average molecular weight is 627 g/mol. The van der Waals surface area contributed by atoms with Gasteiger partial charge in [-0.15, -0.1) is 0 Å². The molecule has 2 heterocycles. The fraction of sp³-hybridized carbons (Fsp3) is 0.333. The van der Waals surface area contributed by atoms with Gasteiger partial charge >= 0.3 is 12.1 Å². The summed E-state index contributed by atoms with van der Waals surface area (Å²) in [6.07, 6.45) is -4.03. The number of fused-ring (bicyclic) bond motifs is 1. The first-order valence-corrected chi connectivity index (χ1v) is 14.5. The third-order valence-electron chi connectivity index (χ3n) is 6.47. The number of sulfonamides is 1. The van der Waals surface area contributed by atoms with Crippen LogP contribution in [0.5, 0.6) is 5.75 Å². The number of carboxylic acids is 1. The molecule has 4 N–H and O–H groups in total. The Labute approximate surface area is 244 Å². The summed E-state index contributed by atoms with van der Waals surface area (Å²) in [5, 5.41) is 19.9. The first-order chi connectivity index (χ1) is 20.0. The number of para-hydroxylation sites is 1. The molecule has 2 amide bonds. The van der Waals surface area contributed by atoms with Crippen LogP contribution in [0, 0.1) is 6.92 Å². The number of ether oxygens (including phenoxy) is 1. The van der Waals surface area contributed by atoms with E-state index in [-0.39, 0.29) is 25.9 Å². The first kappa shape index (κ1) is 33.2. The first-order valence-electron chi connectivity index (χ1n) is 12.6. The van der Waals surface area contributed by atoms with Crippen molar-refractivity contribution in [1.82, 2.24) is 20.1 Å². The van der Waals surface area contributed by atoms with E-state index >= 15 is 0 Å². The zero-order valence-electron chi connectivity index (χ0n) is 23.0. The summed E-state index contributed by atoms with van der Waals surface area (Å²) < 4.78 is 62.8. The molecular weight excluding hydrogens is 597 g/mol. The van der Waals surface area contributed by atoms with Crippen LogP contribution in [0.2, 0.25) is 0 Å². The number of carbonyl (C=O) groups is 3. The van der Waals surface area contributed by atoms with Gasteiger partial charge in [-0.2, -0.15) is 17.5 Å². The van der Waals surface area contributed by atoms with E-state index in [1.807, 2.05) is 37.3 Å². The van der Waals surface area contributed by atoms with Crippen LogP contribution in [0.25, 0.3) is 10.9 Å². The summed E-state index contributed by atoms with van der Waals surface area (Å²) in [6.45, 7) is 2.36. The van der Waals surface area contributed by atoms with E-state index < -0.39 is 39.5 Å². The fourth-order valence-electron chi connectivity index (χ4n) is 4.45. The Bertz CT molecular complexity index is 1600. The van der Waals surface area contributed by atoms with Gasteiger partial charge in [0.25, 0.3) is 5.91 Å². The van der Waals surface area contributed by atoms with Crippen molar-refractivity contribution in [2.45, 2.75) is 38.1 Å². The molecule has 3 aromatic rings. The van der Waals surface area contributed by atoms with E-state index in [0.29, 0.717) is 17.9 Å². The normalized spacial score (nSPS) is 17.1. The van der Waals surface area contributed by atoms with Gasteiger partial charge in [-0.25, -0.2) is 18.7 Å². The average Bonchev–Trinajstić information content (AvgIpc) is 3.35. The molecule has 0 saturated carbocycles. The molecule has 0 bridgehead atoms. The molecule has 43 heavy (non-hydrogen) atoms. The molecule has 0 aliphatic carbocycles. The number of aryl methyl sites for hydroxylation is 1. The van der Waals surface area contributed by atoms with Gasteiger partial charge < -0.3 is 15.2 Å². The summed E-state index contributed by atoms with van der Waals surface area (Å²) in [4.78, 5) is 38.3. The lowest BCUT2D eigenvalue weighted by molar-refractivity contribution is -0.192. The molecule has 2 aromatic carbocycles. The zero-order valence-corrected chi connectivity index (χ0v) is 23.8. The van der Waals surface area contributed by atoms with Gasteiger partial charge in [0.2, 0.25) is 15.9 Å². The number of carbonyl (C=O) groups excluding carboxylic acids is 2. The molecule has 12 nitrogen and oxygen atoms in total. The van der Waals surface area contributed by atoms with Gasteiger partial charge in [0, 0.05) is 35.3 Å². The van der Waals surface area contributed by atoms with Crippen LogP contribution in [0.4, 0.5) is 13.2 Å². The van der Waals surface area contributed by atoms with E-state index in [4.69, 9.17) is 19.8 Å². The number of nitrogens with one attached hydrogen (secondary N) is 2. The van der Waals surface area contributed by atoms with Gasteiger partial charge in [-0.3, -0.25) is 19.8 Å². The molecule has 1 aliphatic heterocycles. The lowest BCUT2D eigenvalue weighted by Gasteiger charge is -2.29. The van der Waals surface area contributed by atoms with E-state index in [0.717, 1.165) is 28.4 Å². The minimum atomic E-state index is -5.08. The van der Waals surface area contributed by atoms with Crippen molar-refractivity contribution < 1.29 is 51.0 Å². The lowest BCUT2D eigenvalue weighted by Crippen LogP contribution is -2.53. The number of aromatic nitrogens is 1. The summed E-state index contributed by atoms with van der Waals surface area (Å²) in [7, 11) is -3.50. The molecule has 1 fully saturated rings. The number of aliphatic carboxylic acids is 1. The number of rotatable bonds is 8. The second-order valence-electron chi connectivity index (χ2n) is 9.85. The van der Waals surface area contributed by atoms with E-state index in [2.05, 4.69) is 10.3 Å². The van der Waals surface area contributed by atoms with Crippen LogP contribution < -0.4 is 15.5 Å². The smallest absolute Gasteiger partial charge is 0.489 e. The Balaban J connectivity index is 0.000000646. The maximum absolute atomic E-state index is 13.0. The maximum Gasteiger partial charge on any atom is 0.490 e. The largest absolute Gasteiger partial charge is 0.490 e. The molecule has 1 atom stereocenters. The van der Waals surface area contributed by atoms with E-state index in [1.165, 1.54) is 4.31 Å². The number of amides is 2. The lowest BCUT2D eigenvalue weighted by atomic mass is 9.93. The van der Waals surface area contributed by atoms with Gasteiger partial charge in [-0.1, -0.05) is 18.2 Å². The summed E-state index contributed by atoms with van der Waals surface area (Å²) in [5.41, 5.74) is 3.54. The Morgan fingerprint density at radius 1 is 1.12 bits per heavy atom. The van der Waals surface area contributed by atoms with Gasteiger partial charge in [0.05, 0.1) is 23.7 Å². The van der Waals surface area contributed by atoms with Crippen molar-refractivity contribution in [3.05, 3.63) is 71.4 Å².